The van der Waals surface area contributed by atoms with Gasteiger partial charge in [0, 0.05) is 18.2 Å². The van der Waals surface area contributed by atoms with Crippen LogP contribution in [0.3, 0.4) is 0 Å². The van der Waals surface area contributed by atoms with Gasteiger partial charge in [-0.25, -0.2) is 0 Å². The quantitative estimate of drug-likeness (QED) is 0.578. The molecule has 4 aliphatic heterocycles. The fourth-order valence-corrected chi connectivity index (χ4v) is 6.31. The zero-order valence-electron chi connectivity index (χ0n) is 18.3. The summed E-state index contributed by atoms with van der Waals surface area (Å²) in [7, 11) is 0. The number of carbonyl (C=O) groups is 3. The van der Waals surface area contributed by atoms with E-state index in [1.165, 1.54) is 4.90 Å². The normalized spacial score (nSPS) is 31.9. The summed E-state index contributed by atoms with van der Waals surface area (Å²) in [5.74, 6) is -2.46. The summed E-state index contributed by atoms with van der Waals surface area (Å²) < 4.78 is 5.70. The number of benzene rings is 2. The molecule has 176 valence electrons. The fraction of sp³-hybridized carbons (Fsp3) is 0.400. The van der Waals surface area contributed by atoms with Gasteiger partial charge in [-0.3, -0.25) is 24.6 Å². The van der Waals surface area contributed by atoms with Gasteiger partial charge in [-0.1, -0.05) is 35.9 Å². The number of amides is 3. The van der Waals surface area contributed by atoms with Crippen LogP contribution in [0.15, 0.2) is 42.5 Å². The van der Waals surface area contributed by atoms with Crippen LogP contribution in [0.1, 0.15) is 24.0 Å². The molecular formula is C25H24ClN3O5. The number of nitrogens with zero attached hydrogens (tertiary/aromatic N) is 1. The summed E-state index contributed by atoms with van der Waals surface area (Å²) in [5.41, 5.74) is 0.565. The molecular weight excluding hydrogens is 458 g/mol. The molecule has 4 aliphatic rings. The Labute approximate surface area is 201 Å². The number of likely N-dealkylation sites (tertiary alicyclic amines) is 1. The number of hydrogen-bond donors (Lipinski definition) is 3. The summed E-state index contributed by atoms with van der Waals surface area (Å²) in [6.07, 6.45) is 1.94. The molecule has 3 amide bonds. The van der Waals surface area contributed by atoms with Crippen LogP contribution in [-0.4, -0.2) is 53.0 Å². The van der Waals surface area contributed by atoms with Gasteiger partial charge in [0.1, 0.15) is 11.3 Å². The number of anilines is 1. The van der Waals surface area contributed by atoms with E-state index in [0.29, 0.717) is 29.3 Å². The van der Waals surface area contributed by atoms with Crippen molar-refractivity contribution in [1.82, 2.24) is 10.2 Å². The molecule has 0 unspecified atom stereocenters. The lowest BCUT2D eigenvalue weighted by Gasteiger charge is -2.30. The molecule has 3 saturated heterocycles. The molecule has 34 heavy (non-hydrogen) atoms. The van der Waals surface area contributed by atoms with Crippen molar-refractivity contribution in [2.75, 3.05) is 18.5 Å². The van der Waals surface area contributed by atoms with Gasteiger partial charge in [0.15, 0.2) is 0 Å². The Kier molecular flexibility index (Phi) is 4.95. The molecule has 0 aromatic heterocycles. The van der Waals surface area contributed by atoms with Gasteiger partial charge < -0.3 is 15.2 Å². The number of fused-ring (bicyclic) bond motifs is 4. The largest absolute Gasteiger partial charge is 0.508 e. The molecule has 5 atom stereocenters. The summed E-state index contributed by atoms with van der Waals surface area (Å²) in [4.78, 5) is 42.3. The predicted molar refractivity (Wildman–Crippen MR) is 123 cm³/mol. The Balaban J connectivity index is 1.43. The highest BCUT2D eigenvalue weighted by Gasteiger charge is 2.70. The van der Waals surface area contributed by atoms with Crippen molar-refractivity contribution < 1.29 is 24.2 Å². The van der Waals surface area contributed by atoms with E-state index in [0.717, 1.165) is 18.4 Å². The Hall–Kier alpha value is -2.94. The number of imide groups is 1. The predicted octanol–water partition coefficient (Wildman–Crippen LogP) is 2.19. The van der Waals surface area contributed by atoms with Crippen LogP contribution >= 0.6 is 11.6 Å². The minimum absolute atomic E-state index is 0.145. The number of hydrogen-bond acceptors (Lipinski definition) is 6. The zero-order chi connectivity index (χ0) is 23.6. The van der Waals surface area contributed by atoms with E-state index in [2.05, 4.69) is 10.6 Å². The second kappa shape index (κ2) is 7.80. The molecule has 8 nitrogen and oxygen atoms in total. The number of carbonyl (C=O) groups excluding carboxylic acids is 3. The molecule has 0 radical (unpaired) electrons. The van der Waals surface area contributed by atoms with E-state index in [4.69, 9.17) is 16.3 Å². The van der Waals surface area contributed by atoms with Crippen molar-refractivity contribution in [2.45, 2.75) is 36.9 Å². The summed E-state index contributed by atoms with van der Waals surface area (Å²) in [6, 6.07) is 11.5. The average molecular weight is 482 g/mol. The average Bonchev–Trinajstić information content (AvgIpc) is 3.56. The molecule has 4 heterocycles. The maximum absolute atomic E-state index is 13.8. The standard InChI is InChI=1S/C25H24ClN3O5/c26-17-5-1-4-16-21(17)27-24(33)25(16)20-19(18(28-25)11-13-6-8-14(30)9-7-13)22(31)29(23(20)32)12-15-3-2-10-34-15/h1,4-9,15,18-20,28,30H,2-3,10-12H2,(H,27,33)/t15-,18-,19+,20+,25+/m0/s1. The lowest BCUT2D eigenvalue weighted by atomic mass is 9.76. The number of nitrogens with one attached hydrogen (secondary N) is 2. The van der Waals surface area contributed by atoms with Gasteiger partial charge in [-0.2, -0.15) is 0 Å². The summed E-state index contributed by atoms with van der Waals surface area (Å²) in [6.45, 7) is 0.827. The number of aromatic hydroxyl groups is 1. The second-order valence-corrected chi connectivity index (χ2v) is 9.88. The van der Waals surface area contributed by atoms with Crippen molar-refractivity contribution in [3.63, 3.8) is 0 Å². The topological polar surface area (TPSA) is 108 Å². The molecule has 1 spiro atoms. The van der Waals surface area contributed by atoms with Crippen molar-refractivity contribution in [3.8, 4) is 5.75 Å². The number of ether oxygens (including phenoxy) is 1. The van der Waals surface area contributed by atoms with Crippen molar-refractivity contribution >= 4 is 35.0 Å². The summed E-state index contributed by atoms with van der Waals surface area (Å²) >= 11 is 6.38. The van der Waals surface area contributed by atoms with Gasteiger partial charge in [0.25, 0.3) is 0 Å². The Bertz CT molecular complexity index is 1200. The van der Waals surface area contributed by atoms with E-state index in [9.17, 15) is 19.5 Å². The smallest absolute Gasteiger partial charge is 0.250 e. The first kappa shape index (κ1) is 21.6. The van der Waals surface area contributed by atoms with E-state index in [1.807, 2.05) is 0 Å². The monoisotopic (exact) mass is 481 g/mol. The van der Waals surface area contributed by atoms with Crippen LogP contribution in [0.2, 0.25) is 5.02 Å². The van der Waals surface area contributed by atoms with Gasteiger partial charge in [-0.05, 0) is 43.0 Å². The molecule has 3 fully saturated rings. The van der Waals surface area contributed by atoms with Crippen LogP contribution in [-0.2, 0) is 31.1 Å². The highest BCUT2D eigenvalue weighted by Crippen LogP contribution is 2.54. The fourth-order valence-electron chi connectivity index (χ4n) is 6.09. The first-order valence-electron chi connectivity index (χ1n) is 11.5. The van der Waals surface area contributed by atoms with Gasteiger partial charge >= 0.3 is 0 Å². The molecule has 0 bridgehead atoms. The Morgan fingerprint density at radius 2 is 1.91 bits per heavy atom. The highest BCUT2D eigenvalue weighted by molar-refractivity contribution is 6.35. The molecule has 2 aromatic carbocycles. The first-order chi connectivity index (χ1) is 16.4. The van der Waals surface area contributed by atoms with Gasteiger partial charge in [0.2, 0.25) is 17.7 Å². The van der Waals surface area contributed by atoms with Crippen molar-refractivity contribution in [3.05, 3.63) is 58.6 Å². The Morgan fingerprint density at radius 1 is 1.12 bits per heavy atom. The molecule has 0 saturated carbocycles. The first-order valence-corrected chi connectivity index (χ1v) is 11.9. The third kappa shape index (κ3) is 3.02. The van der Waals surface area contributed by atoms with E-state index in [-0.39, 0.29) is 36.1 Å². The van der Waals surface area contributed by atoms with Crippen LogP contribution in [0.25, 0.3) is 0 Å². The number of para-hydroxylation sites is 1. The van der Waals surface area contributed by atoms with Gasteiger partial charge in [-0.15, -0.1) is 0 Å². The molecule has 3 N–H and O–H groups in total. The van der Waals surface area contributed by atoms with E-state index in [1.54, 1.807) is 42.5 Å². The maximum Gasteiger partial charge on any atom is 0.250 e. The molecule has 6 rings (SSSR count). The van der Waals surface area contributed by atoms with Crippen LogP contribution in [0, 0.1) is 11.8 Å². The number of phenolic OH excluding ortho intramolecular Hbond substituents is 1. The lowest BCUT2D eigenvalue weighted by Crippen LogP contribution is -2.54. The van der Waals surface area contributed by atoms with Crippen molar-refractivity contribution in [1.29, 1.82) is 0 Å². The SMILES string of the molecule is O=C1[C@@H]2[C@H](Cc3ccc(O)cc3)N[C@@]3(C(=O)Nc4c(Cl)cccc43)[C@H]2C(=O)N1C[C@@H]1CCCO1. The zero-order valence-corrected chi connectivity index (χ0v) is 19.0. The third-order valence-electron chi connectivity index (χ3n) is 7.59. The number of halogens is 1. The molecule has 9 heteroatoms. The van der Waals surface area contributed by atoms with Gasteiger partial charge in [0.05, 0.1) is 35.2 Å². The van der Waals surface area contributed by atoms with Crippen LogP contribution < -0.4 is 10.6 Å². The second-order valence-electron chi connectivity index (χ2n) is 9.47. The Morgan fingerprint density at radius 3 is 2.65 bits per heavy atom. The summed E-state index contributed by atoms with van der Waals surface area (Å²) in [5, 5.41) is 16.3. The molecule has 2 aromatic rings. The van der Waals surface area contributed by atoms with Crippen molar-refractivity contribution in [2.24, 2.45) is 11.8 Å². The lowest BCUT2D eigenvalue weighted by molar-refractivity contribution is -0.144. The van der Waals surface area contributed by atoms with E-state index >= 15 is 0 Å². The van der Waals surface area contributed by atoms with Crippen LogP contribution in [0.5, 0.6) is 5.75 Å². The van der Waals surface area contributed by atoms with E-state index < -0.39 is 23.4 Å². The number of rotatable bonds is 4. The third-order valence-corrected chi connectivity index (χ3v) is 7.91. The minimum Gasteiger partial charge on any atom is -0.508 e. The molecule has 0 aliphatic carbocycles. The highest BCUT2D eigenvalue weighted by atomic mass is 35.5. The van der Waals surface area contributed by atoms with Crippen LogP contribution in [0.4, 0.5) is 5.69 Å². The number of phenols is 1. The maximum atomic E-state index is 13.8. The minimum atomic E-state index is -1.38.